The van der Waals surface area contributed by atoms with Gasteiger partial charge >= 0.3 is 0 Å². The summed E-state index contributed by atoms with van der Waals surface area (Å²) in [4.78, 5) is 0. The van der Waals surface area contributed by atoms with Gasteiger partial charge in [0.05, 0.1) is 0 Å². The number of aliphatic hydroxyl groups is 1. The molecule has 0 heterocycles. The molecule has 0 fully saturated rings. The zero-order chi connectivity index (χ0) is 13.4. The van der Waals surface area contributed by atoms with Gasteiger partial charge in [-0.05, 0) is 31.4 Å². The van der Waals surface area contributed by atoms with E-state index in [2.05, 4.69) is 12.2 Å². The van der Waals surface area contributed by atoms with Gasteiger partial charge < -0.3 is 10.4 Å². The van der Waals surface area contributed by atoms with E-state index in [0.717, 1.165) is 31.9 Å². The van der Waals surface area contributed by atoms with Crippen molar-refractivity contribution in [2.75, 3.05) is 13.2 Å². The minimum absolute atomic E-state index is 0.178. The highest BCUT2D eigenvalue weighted by molar-refractivity contribution is 5.18. The van der Waals surface area contributed by atoms with E-state index in [1.165, 1.54) is 12.1 Å². The molecule has 18 heavy (non-hydrogen) atoms. The van der Waals surface area contributed by atoms with Crippen molar-refractivity contribution in [3.8, 4) is 0 Å². The Kier molecular flexibility index (Phi) is 6.83. The first-order chi connectivity index (χ1) is 8.67. The molecular weight excluding hydrogens is 236 g/mol. The topological polar surface area (TPSA) is 32.3 Å². The van der Waals surface area contributed by atoms with Gasteiger partial charge in [-0.15, -0.1) is 0 Å². The molecule has 2 nitrogen and oxygen atoms in total. The smallest absolute Gasteiger partial charge is 0.130 e. The largest absolute Gasteiger partial charge is 0.396 e. The number of hydrogen-bond acceptors (Lipinski definition) is 2. The minimum atomic E-state index is -0.555. The lowest BCUT2D eigenvalue weighted by Gasteiger charge is -2.15. The van der Waals surface area contributed by atoms with Crippen molar-refractivity contribution in [2.45, 2.75) is 32.7 Å². The molecule has 1 aromatic carbocycles. The number of aliphatic hydroxyl groups excluding tert-OH is 1. The van der Waals surface area contributed by atoms with E-state index in [9.17, 15) is 8.78 Å². The molecule has 0 spiro atoms. The molecule has 0 saturated heterocycles. The fourth-order valence-corrected chi connectivity index (χ4v) is 2.02. The van der Waals surface area contributed by atoms with Crippen LogP contribution in [0.4, 0.5) is 8.78 Å². The molecule has 0 aliphatic rings. The Morgan fingerprint density at radius 3 is 2.67 bits per heavy atom. The molecule has 0 aromatic heterocycles. The molecule has 0 bridgehead atoms. The van der Waals surface area contributed by atoms with E-state index in [4.69, 9.17) is 5.11 Å². The lowest BCUT2D eigenvalue weighted by molar-refractivity contribution is 0.248. The maximum atomic E-state index is 13.4. The van der Waals surface area contributed by atoms with Crippen LogP contribution >= 0.6 is 0 Å². The number of nitrogens with one attached hydrogen (secondary N) is 1. The molecule has 2 N–H and O–H groups in total. The zero-order valence-electron chi connectivity index (χ0n) is 10.8. The van der Waals surface area contributed by atoms with Crippen LogP contribution in [-0.4, -0.2) is 18.3 Å². The van der Waals surface area contributed by atoms with Crippen LogP contribution in [-0.2, 0) is 6.54 Å². The molecule has 102 valence electrons. The monoisotopic (exact) mass is 257 g/mol. The van der Waals surface area contributed by atoms with Gasteiger partial charge in [0, 0.05) is 24.8 Å². The van der Waals surface area contributed by atoms with Crippen LogP contribution in [0, 0.1) is 17.6 Å². The predicted octanol–water partition coefficient (Wildman–Crippen LogP) is 2.85. The summed E-state index contributed by atoms with van der Waals surface area (Å²) in [6.45, 7) is 3.41. The van der Waals surface area contributed by atoms with Crippen molar-refractivity contribution in [1.29, 1.82) is 0 Å². The highest BCUT2D eigenvalue weighted by atomic mass is 19.1. The Labute approximate surface area is 107 Å². The van der Waals surface area contributed by atoms with E-state index in [1.54, 1.807) is 0 Å². The Morgan fingerprint density at radius 1 is 1.28 bits per heavy atom. The first-order valence-electron chi connectivity index (χ1n) is 6.42. The van der Waals surface area contributed by atoms with Gasteiger partial charge in [-0.25, -0.2) is 8.78 Å². The van der Waals surface area contributed by atoms with Crippen LogP contribution in [0.3, 0.4) is 0 Å². The lowest BCUT2D eigenvalue weighted by atomic mass is 10.0. The summed E-state index contributed by atoms with van der Waals surface area (Å²) in [6, 6.07) is 3.62. The third-order valence-corrected chi connectivity index (χ3v) is 3.00. The number of rotatable bonds is 8. The molecule has 1 aromatic rings. The fourth-order valence-electron chi connectivity index (χ4n) is 2.02. The van der Waals surface area contributed by atoms with E-state index in [0.29, 0.717) is 18.0 Å². The van der Waals surface area contributed by atoms with Crippen molar-refractivity contribution < 1.29 is 13.9 Å². The summed E-state index contributed by atoms with van der Waals surface area (Å²) in [5, 5.41) is 12.1. The second-order valence-electron chi connectivity index (χ2n) is 4.53. The summed E-state index contributed by atoms with van der Waals surface area (Å²) < 4.78 is 26.1. The average Bonchev–Trinajstić information content (AvgIpc) is 2.32. The van der Waals surface area contributed by atoms with E-state index < -0.39 is 11.6 Å². The zero-order valence-corrected chi connectivity index (χ0v) is 10.8. The minimum Gasteiger partial charge on any atom is -0.396 e. The highest BCUT2D eigenvalue weighted by Crippen LogP contribution is 2.12. The van der Waals surface area contributed by atoms with Crippen LogP contribution < -0.4 is 5.32 Å². The summed E-state index contributed by atoms with van der Waals surface area (Å²) in [6.07, 6.45) is 2.86. The van der Waals surface area contributed by atoms with Gasteiger partial charge in [-0.1, -0.05) is 19.4 Å². The van der Waals surface area contributed by atoms with Gasteiger partial charge in [0.25, 0.3) is 0 Å². The first kappa shape index (κ1) is 15.1. The quantitative estimate of drug-likeness (QED) is 0.750. The second kappa shape index (κ2) is 8.16. The fraction of sp³-hybridized carbons (Fsp3) is 0.571. The van der Waals surface area contributed by atoms with Gasteiger partial charge in [-0.2, -0.15) is 0 Å². The van der Waals surface area contributed by atoms with Crippen LogP contribution in [0.25, 0.3) is 0 Å². The Morgan fingerprint density at radius 2 is 2.06 bits per heavy atom. The summed E-state index contributed by atoms with van der Waals surface area (Å²) in [5.41, 5.74) is 0.468. The lowest BCUT2D eigenvalue weighted by Crippen LogP contribution is -2.23. The molecule has 0 aliphatic carbocycles. The van der Waals surface area contributed by atoms with Crippen molar-refractivity contribution in [3.05, 3.63) is 35.4 Å². The Bertz CT molecular complexity index is 352. The van der Waals surface area contributed by atoms with Crippen molar-refractivity contribution in [2.24, 2.45) is 5.92 Å². The molecule has 0 amide bonds. The predicted molar refractivity (Wildman–Crippen MR) is 68.2 cm³/mol. The molecule has 0 aliphatic heterocycles. The van der Waals surface area contributed by atoms with E-state index in [1.807, 2.05) is 0 Å². The van der Waals surface area contributed by atoms with Crippen LogP contribution in [0.15, 0.2) is 18.2 Å². The maximum absolute atomic E-state index is 13.4. The third kappa shape index (κ3) is 5.10. The van der Waals surface area contributed by atoms with E-state index >= 15 is 0 Å². The maximum Gasteiger partial charge on any atom is 0.130 e. The van der Waals surface area contributed by atoms with Gasteiger partial charge in [0.2, 0.25) is 0 Å². The van der Waals surface area contributed by atoms with Gasteiger partial charge in [-0.3, -0.25) is 0 Å². The van der Waals surface area contributed by atoms with Crippen LogP contribution in [0.5, 0.6) is 0 Å². The first-order valence-corrected chi connectivity index (χ1v) is 6.42. The molecule has 1 unspecified atom stereocenters. The summed E-state index contributed by atoms with van der Waals surface area (Å²) in [5.74, 6) is -0.666. The molecule has 1 atom stereocenters. The van der Waals surface area contributed by atoms with E-state index in [-0.39, 0.29) is 6.61 Å². The third-order valence-electron chi connectivity index (χ3n) is 3.00. The molecule has 4 heteroatoms. The molecule has 0 saturated carbocycles. The molecular formula is C14H21F2NO. The Balaban J connectivity index is 2.39. The van der Waals surface area contributed by atoms with Crippen molar-refractivity contribution in [1.82, 2.24) is 5.32 Å². The van der Waals surface area contributed by atoms with Gasteiger partial charge in [0.1, 0.15) is 11.6 Å². The second-order valence-corrected chi connectivity index (χ2v) is 4.53. The molecule has 0 radical (unpaired) electrons. The van der Waals surface area contributed by atoms with Crippen LogP contribution in [0.1, 0.15) is 31.7 Å². The number of benzene rings is 1. The van der Waals surface area contributed by atoms with Gasteiger partial charge in [0.15, 0.2) is 0 Å². The van der Waals surface area contributed by atoms with Crippen LogP contribution in [0.2, 0.25) is 0 Å². The highest BCUT2D eigenvalue weighted by Gasteiger charge is 2.08. The average molecular weight is 257 g/mol. The molecule has 1 rings (SSSR count). The summed E-state index contributed by atoms with van der Waals surface area (Å²) in [7, 11) is 0. The van der Waals surface area contributed by atoms with Crippen molar-refractivity contribution in [3.63, 3.8) is 0 Å². The summed E-state index contributed by atoms with van der Waals surface area (Å²) >= 11 is 0. The standard InChI is InChI=1S/C14H21F2NO/c1-2-3-11(6-7-18)9-17-10-12-4-5-13(15)8-14(12)16/h4-5,8,11,17-18H,2-3,6-7,9-10H2,1H3. The normalized spacial score (nSPS) is 12.7. The number of halogens is 2. The Hall–Kier alpha value is -1.00. The van der Waals surface area contributed by atoms with Crippen molar-refractivity contribution >= 4 is 0 Å². The number of hydrogen-bond donors (Lipinski definition) is 2. The SMILES string of the molecule is CCCC(CCO)CNCc1ccc(F)cc1F.